The first-order chi connectivity index (χ1) is 5.70. The number of oxime groups is 1. The molecule has 0 fully saturated rings. The second-order valence-corrected chi connectivity index (χ2v) is 2.65. The topological polar surface area (TPSA) is 50.7 Å². The van der Waals surface area contributed by atoms with E-state index in [1.165, 1.54) is 7.05 Å². The molecule has 1 unspecified atom stereocenters. The predicted molar refractivity (Wildman–Crippen MR) is 48.1 cm³/mol. The third-order valence-corrected chi connectivity index (χ3v) is 1.40. The second kappa shape index (κ2) is 6.64. The van der Waals surface area contributed by atoms with Crippen molar-refractivity contribution in [3.63, 3.8) is 0 Å². The Morgan fingerprint density at radius 2 is 2.42 bits per heavy atom. The van der Waals surface area contributed by atoms with Gasteiger partial charge in [0.1, 0.15) is 0 Å². The first kappa shape index (κ1) is 10.9. The fraction of sp³-hybridized carbons (Fsp3) is 0.750. The van der Waals surface area contributed by atoms with Crippen molar-refractivity contribution in [1.82, 2.24) is 5.32 Å². The van der Waals surface area contributed by atoms with Crippen molar-refractivity contribution < 1.29 is 9.63 Å². The minimum atomic E-state index is -0.532. The molecule has 0 bridgehead atoms. The highest BCUT2D eigenvalue weighted by atomic mass is 16.7. The lowest BCUT2D eigenvalue weighted by Gasteiger charge is -2.00. The number of nitrogens with zero attached hydrogens (tertiary/aromatic N) is 1. The molecule has 0 rings (SSSR count). The molecule has 70 valence electrons. The van der Waals surface area contributed by atoms with Gasteiger partial charge in [0, 0.05) is 13.3 Å². The van der Waals surface area contributed by atoms with Crippen molar-refractivity contribution in [2.75, 3.05) is 7.05 Å². The molecular weight excluding hydrogens is 156 g/mol. The molecular formula is C8H16N2O2. The van der Waals surface area contributed by atoms with Gasteiger partial charge < -0.3 is 5.32 Å². The molecule has 0 aromatic carbocycles. The molecule has 1 atom stereocenters. The van der Waals surface area contributed by atoms with Gasteiger partial charge in [0.15, 0.2) is 0 Å². The second-order valence-electron chi connectivity index (χ2n) is 2.65. The van der Waals surface area contributed by atoms with Gasteiger partial charge in [-0.05, 0) is 12.3 Å². The van der Waals surface area contributed by atoms with Crippen LogP contribution in [0.3, 0.4) is 0 Å². The Morgan fingerprint density at radius 1 is 1.75 bits per heavy atom. The van der Waals surface area contributed by atoms with E-state index in [0.717, 1.165) is 12.8 Å². The Morgan fingerprint density at radius 3 is 2.92 bits per heavy atom. The Kier molecular flexibility index (Phi) is 6.05. The van der Waals surface area contributed by atoms with Crippen LogP contribution in [-0.4, -0.2) is 19.4 Å². The Bertz CT molecular complexity index is 157. The minimum Gasteiger partial charge on any atom is -0.323 e. The number of amides is 1. The fourth-order valence-corrected chi connectivity index (χ4v) is 0.758. The molecule has 0 saturated carbocycles. The molecule has 0 aromatic heterocycles. The maximum atomic E-state index is 10.5. The summed E-state index contributed by atoms with van der Waals surface area (Å²) in [5, 5.41) is 5.82. The van der Waals surface area contributed by atoms with Crippen LogP contribution >= 0.6 is 0 Å². The molecule has 0 saturated heterocycles. The summed E-state index contributed by atoms with van der Waals surface area (Å²) in [6.45, 7) is 4.13. The van der Waals surface area contributed by atoms with Crippen molar-refractivity contribution in [2.45, 2.75) is 26.7 Å². The first-order valence-electron chi connectivity index (χ1n) is 4.13. The zero-order chi connectivity index (χ0) is 9.40. The van der Waals surface area contributed by atoms with Crippen molar-refractivity contribution in [1.29, 1.82) is 0 Å². The van der Waals surface area contributed by atoms with Crippen LogP contribution < -0.4 is 5.32 Å². The maximum Gasteiger partial charge on any atom is 0.433 e. The molecule has 0 spiro atoms. The molecule has 4 heteroatoms. The van der Waals surface area contributed by atoms with Gasteiger partial charge in [-0.15, -0.1) is 0 Å². The largest absolute Gasteiger partial charge is 0.433 e. The molecule has 0 radical (unpaired) electrons. The van der Waals surface area contributed by atoms with Gasteiger partial charge in [0.2, 0.25) is 0 Å². The first-order valence-corrected chi connectivity index (χ1v) is 4.13. The van der Waals surface area contributed by atoms with Crippen LogP contribution in [0.25, 0.3) is 0 Å². The van der Waals surface area contributed by atoms with Gasteiger partial charge in [-0.1, -0.05) is 25.4 Å². The van der Waals surface area contributed by atoms with Gasteiger partial charge in [0.25, 0.3) is 0 Å². The quantitative estimate of drug-likeness (QED) is 0.399. The van der Waals surface area contributed by atoms with E-state index in [9.17, 15) is 4.79 Å². The van der Waals surface area contributed by atoms with Gasteiger partial charge in [-0.2, -0.15) is 0 Å². The van der Waals surface area contributed by atoms with E-state index in [1.807, 2.05) is 6.92 Å². The monoisotopic (exact) mass is 172 g/mol. The lowest BCUT2D eigenvalue weighted by atomic mass is 10.1. The highest BCUT2D eigenvalue weighted by molar-refractivity contribution is 5.68. The maximum absolute atomic E-state index is 10.5. The molecule has 1 N–H and O–H groups in total. The SMILES string of the molecule is CCCC(C)/C=N/OC(=O)NC. The van der Waals surface area contributed by atoms with E-state index in [1.54, 1.807) is 6.21 Å². The summed E-state index contributed by atoms with van der Waals surface area (Å²) in [6, 6.07) is 0. The number of nitrogens with one attached hydrogen (secondary N) is 1. The Labute approximate surface area is 73.0 Å². The van der Waals surface area contributed by atoms with E-state index in [2.05, 4.69) is 22.2 Å². The molecule has 0 aliphatic carbocycles. The van der Waals surface area contributed by atoms with Gasteiger partial charge in [-0.25, -0.2) is 4.79 Å². The minimum absolute atomic E-state index is 0.361. The number of hydrogen-bond donors (Lipinski definition) is 1. The molecule has 12 heavy (non-hydrogen) atoms. The zero-order valence-electron chi connectivity index (χ0n) is 7.83. The highest BCUT2D eigenvalue weighted by Gasteiger charge is 1.97. The highest BCUT2D eigenvalue weighted by Crippen LogP contribution is 2.00. The van der Waals surface area contributed by atoms with Crippen LogP contribution in [0.2, 0.25) is 0 Å². The standard InChI is InChI=1S/C8H16N2O2/c1-4-5-7(2)6-10-12-8(11)9-3/h6-7H,4-5H2,1-3H3,(H,9,11)/b10-6+. The summed E-state index contributed by atoms with van der Waals surface area (Å²) in [7, 11) is 1.49. The van der Waals surface area contributed by atoms with Crippen LogP contribution in [0, 0.1) is 5.92 Å². The van der Waals surface area contributed by atoms with Gasteiger partial charge in [0.05, 0.1) is 0 Å². The summed E-state index contributed by atoms with van der Waals surface area (Å²) >= 11 is 0. The van der Waals surface area contributed by atoms with Crippen LogP contribution in [0.15, 0.2) is 5.16 Å². The lowest BCUT2D eigenvalue weighted by Crippen LogP contribution is -2.16. The normalized spacial score (nSPS) is 12.9. The van der Waals surface area contributed by atoms with Gasteiger partial charge >= 0.3 is 6.09 Å². The number of carbonyl (C=O) groups excluding carboxylic acids is 1. The molecule has 0 aliphatic heterocycles. The Balaban J connectivity index is 3.53. The molecule has 0 aliphatic rings. The lowest BCUT2D eigenvalue weighted by molar-refractivity contribution is 0.153. The van der Waals surface area contributed by atoms with Crippen molar-refractivity contribution >= 4 is 12.3 Å². The Hall–Kier alpha value is -1.06. The summed E-state index contributed by atoms with van der Waals surface area (Å²) in [5.74, 6) is 0.361. The fourth-order valence-electron chi connectivity index (χ4n) is 0.758. The van der Waals surface area contributed by atoms with Crippen LogP contribution in [0.1, 0.15) is 26.7 Å². The smallest absolute Gasteiger partial charge is 0.323 e. The summed E-state index contributed by atoms with van der Waals surface area (Å²) in [4.78, 5) is 14.9. The molecule has 0 heterocycles. The van der Waals surface area contributed by atoms with Crippen molar-refractivity contribution in [2.24, 2.45) is 11.1 Å². The predicted octanol–water partition coefficient (Wildman–Crippen LogP) is 1.76. The third-order valence-electron chi connectivity index (χ3n) is 1.40. The zero-order valence-corrected chi connectivity index (χ0v) is 7.83. The van der Waals surface area contributed by atoms with Crippen LogP contribution in [0.5, 0.6) is 0 Å². The van der Waals surface area contributed by atoms with E-state index >= 15 is 0 Å². The molecule has 0 aromatic rings. The summed E-state index contributed by atoms with van der Waals surface area (Å²) in [6.07, 6.45) is 3.27. The van der Waals surface area contributed by atoms with Crippen molar-refractivity contribution in [3.05, 3.63) is 0 Å². The molecule has 1 amide bonds. The number of rotatable bonds is 4. The van der Waals surface area contributed by atoms with E-state index in [-0.39, 0.29) is 0 Å². The third kappa shape index (κ3) is 5.70. The number of carbonyl (C=O) groups is 1. The van der Waals surface area contributed by atoms with E-state index in [0.29, 0.717) is 5.92 Å². The average molecular weight is 172 g/mol. The van der Waals surface area contributed by atoms with Crippen LogP contribution in [-0.2, 0) is 4.84 Å². The summed E-state index contributed by atoms with van der Waals surface area (Å²) < 4.78 is 0. The number of hydrogen-bond acceptors (Lipinski definition) is 3. The van der Waals surface area contributed by atoms with Crippen molar-refractivity contribution in [3.8, 4) is 0 Å². The van der Waals surface area contributed by atoms with E-state index in [4.69, 9.17) is 0 Å². The summed E-state index contributed by atoms with van der Waals surface area (Å²) in [5.41, 5.74) is 0. The molecule has 4 nitrogen and oxygen atoms in total. The van der Waals surface area contributed by atoms with E-state index < -0.39 is 6.09 Å². The van der Waals surface area contributed by atoms with Gasteiger partial charge in [-0.3, -0.25) is 4.84 Å². The van der Waals surface area contributed by atoms with Crippen LogP contribution in [0.4, 0.5) is 4.79 Å². The average Bonchev–Trinajstić information content (AvgIpc) is 2.04.